The van der Waals surface area contributed by atoms with Gasteiger partial charge in [0.2, 0.25) is 0 Å². The molecule has 2 rings (SSSR count). The molecule has 0 aliphatic rings. The molecule has 1 aromatic carbocycles. The smallest absolute Gasteiger partial charge is 0.326 e. The summed E-state index contributed by atoms with van der Waals surface area (Å²) in [7, 11) is 0. The highest BCUT2D eigenvalue weighted by Gasteiger charge is 2.30. The van der Waals surface area contributed by atoms with Gasteiger partial charge in [-0.3, -0.25) is 4.79 Å². The highest BCUT2D eigenvalue weighted by Crippen LogP contribution is 2.30. The van der Waals surface area contributed by atoms with E-state index in [1.165, 1.54) is 22.9 Å². The number of benzene rings is 1. The fourth-order valence-corrected chi connectivity index (χ4v) is 1.94. The maximum absolute atomic E-state index is 12.7. The molecule has 0 unspecified atom stereocenters. The van der Waals surface area contributed by atoms with E-state index in [4.69, 9.17) is 5.73 Å². The number of halogens is 3. The average Bonchev–Trinajstić information content (AvgIpc) is 2.38. The Bertz CT molecular complexity index is 690. The Hall–Kier alpha value is -2.08. The molecule has 20 heavy (non-hydrogen) atoms. The summed E-state index contributed by atoms with van der Waals surface area (Å²) in [6.45, 7) is 1.69. The van der Waals surface area contributed by atoms with Crippen LogP contribution >= 0.6 is 0 Å². The van der Waals surface area contributed by atoms with E-state index in [9.17, 15) is 18.0 Å². The molecule has 0 radical (unpaired) electrons. The lowest BCUT2D eigenvalue weighted by Crippen LogP contribution is -2.17. The van der Waals surface area contributed by atoms with Crippen molar-refractivity contribution in [1.82, 2.24) is 4.57 Å². The van der Waals surface area contributed by atoms with Gasteiger partial charge >= 0.3 is 6.18 Å². The largest absolute Gasteiger partial charge is 0.416 e. The first-order chi connectivity index (χ1) is 9.32. The van der Waals surface area contributed by atoms with Gasteiger partial charge in [0.15, 0.2) is 5.43 Å². The molecule has 0 aliphatic carbocycles. The SMILES string of the molecule is Cc1cc(=O)c(CN)cn1-c1cccc(C(F)(F)F)c1. The van der Waals surface area contributed by atoms with Crippen LogP contribution in [0.25, 0.3) is 5.69 Å². The molecule has 0 aliphatic heterocycles. The van der Waals surface area contributed by atoms with Crippen LogP contribution in [0.4, 0.5) is 13.2 Å². The molecular weight excluding hydrogens is 269 g/mol. The predicted octanol–water partition coefficient (Wildman–Crippen LogP) is 2.62. The van der Waals surface area contributed by atoms with Crippen molar-refractivity contribution in [2.24, 2.45) is 5.73 Å². The minimum absolute atomic E-state index is 0.0398. The summed E-state index contributed by atoms with van der Waals surface area (Å²) in [6, 6.07) is 6.29. The molecule has 0 bridgehead atoms. The van der Waals surface area contributed by atoms with E-state index in [-0.39, 0.29) is 12.0 Å². The van der Waals surface area contributed by atoms with Crippen LogP contribution in [0.2, 0.25) is 0 Å². The Kier molecular flexibility index (Phi) is 3.67. The van der Waals surface area contributed by atoms with Crippen LogP contribution in [0.3, 0.4) is 0 Å². The van der Waals surface area contributed by atoms with Crippen LogP contribution in [0.5, 0.6) is 0 Å². The highest BCUT2D eigenvalue weighted by atomic mass is 19.4. The van der Waals surface area contributed by atoms with E-state index < -0.39 is 11.7 Å². The van der Waals surface area contributed by atoms with Crippen molar-refractivity contribution in [2.75, 3.05) is 0 Å². The fraction of sp³-hybridized carbons (Fsp3) is 0.214. The highest BCUT2D eigenvalue weighted by molar-refractivity contribution is 5.39. The van der Waals surface area contributed by atoms with Crippen molar-refractivity contribution in [3.8, 4) is 5.69 Å². The van der Waals surface area contributed by atoms with E-state index in [2.05, 4.69) is 0 Å². The first-order valence-electron chi connectivity index (χ1n) is 5.93. The van der Waals surface area contributed by atoms with E-state index in [1.54, 1.807) is 13.0 Å². The minimum atomic E-state index is -4.40. The third kappa shape index (κ3) is 2.75. The molecule has 0 atom stereocenters. The summed E-state index contributed by atoms with van der Waals surface area (Å²) in [5.41, 5.74) is 5.75. The Balaban J connectivity index is 2.60. The van der Waals surface area contributed by atoms with Gasteiger partial charge in [0.05, 0.1) is 5.56 Å². The van der Waals surface area contributed by atoms with Gasteiger partial charge in [-0.25, -0.2) is 0 Å². The van der Waals surface area contributed by atoms with Crippen molar-refractivity contribution in [1.29, 1.82) is 0 Å². The molecule has 0 spiro atoms. The van der Waals surface area contributed by atoms with Gasteiger partial charge in [-0.2, -0.15) is 13.2 Å². The molecular formula is C14H13F3N2O. The zero-order valence-corrected chi connectivity index (χ0v) is 10.7. The topological polar surface area (TPSA) is 48.0 Å². The van der Waals surface area contributed by atoms with Crippen molar-refractivity contribution >= 4 is 0 Å². The summed E-state index contributed by atoms with van der Waals surface area (Å²) >= 11 is 0. The molecule has 2 N–H and O–H groups in total. The second kappa shape index (κ2) is 5.13. The molecule has 2 aromatic rings. The Morgan fingerprint density at radius 3 is 2.55 bits per heavy atom. The van der Waals surface area contributed by atoms with Crippen molar-refractivity contribution < 1.29 is 13.2 Å². The number of aromatic nitrogens is 1. The van der Waals surface area contributed by atoms with Crippen LogP contribution in [0.1, 0.15) is 16.8 Å². The summed E-state index contributed by atoms with van der Waals surface area (Å²) in [6.07, 6.45) is -2.92. The number of hydrogen-bond donors (Lipinski definition) is 1. The Morgan fingerprint density at radius 1 is 1.25 bits per heavy atom. The zero-order chi connectivity index (χ0) is 14.9. The molecule has 0 amide bonds. The Morgan fingerprint density at radius 2 is 1.95 bits per heavy atom. The second-order valence-corrected chi connectivity index (χ2v) is 4.43. The lowest BCUT2D eigenvalue weighted by molar-refractivity contribution is -0.137. The van der Waals surface area contributed by atoms with E-state index in [0.717, 1.165) is 12.1 Å². The third-order valence-electron chi connectivity index (χ3n) is 2.99. The van der Waals surface area contributed by atoms with E-state index in [1.807, 2.05) is 0 Å². The van der Waals surface area contributed by atoms with Crippen molar-refractivity contribution in [3.05, 3.63) is 63.6 Å². The number of aryl methyl sites for hydroxylation is 1. The molecule has 0 saturated carbocycles. The number of nitrogens with zero attached hydrogens (tertiary/aromatic N) is 1. The molecule has 1 heterocycles. The van der Waals surface area contributed by atoms with Gasteiger partial charge in [-0.1, -0.05) is 6.07 Å². The van der Waals surface area contributed by atoms with Crippen LogP contribution in [-0.2, 0) is 12.7 Å². The first kappa shape index (κ1) is 14.3. The van der Waals surface area contributed by atoms with Crippen LogP contribution in [0, 0.1) is 6.92 Å². The lowest BCUT2D eigenvalue weighted by Gasteiger charge is -2.14. The maximum Gasteiger partial charge on any atom is 0.416 e. The van der Waals surface area contributed by atoms with Crippen LogP contribution < -0.4 is 11.2 Å². The van der Waals surface area contributed by atoms with Gasteiger partial charge in [0.25, 0.3) is 0 Å². The zero-order valence-electron chi connectivity index (χ0n) is 10.7. The normalized spacial score (nSPS) is 11.7. The van der Waals surface area contributed by atoms with E-state index >= 15 is 0 Å². The number of pyridine rings is 1. The number of rotatable bonds is 2. The standard InChI is InChI=1S/C14H13F3N2O/c1-9-5-13(20)10(7-18)8-19(9)12-4-2-3-11(6-12)14(15,16)17/h2-6,8H,7,18H2,1H3. The molecule has 3 nitrogen and oxygen atoms in total. The molecule has 0 saturated heterocycles. The fourth-order valence-electron chi connectivity index (χ4n) is 1.94. The second-order valence-electron chi connectivity index (χ2n) is 4.43. The van der Waals surface area contributed by atoms with E-state index in [0.29, 0.717) is 16.9 Å². The summed E-state index contributed by atoms with van der Waals surface area (Å²) in [5.74, 6) is 0. The molecule has 106 valence electrons. The average molecular weight is 282 g/mol. The number of alkyl halides is 3. The summed E-state index contributed by atoms with van der Waals surface area (Å²) < 4.78 is 39.7. The lowest BCUT2D eigenvalue weighted by atomic mass is 10.1. The summed E-state index contributed by atoms with van der Waals surface area (Å²) in [4.78, 5) is 11.6. The Labute approximate surface area is 113 Å². The first-order valence-corrected chi connectivity index (χ1v) is 5.93. The van der Waals surface area contributed by atoms with Gasteiger partial charge < -0.3 is 10.3 Å². The summed E-state index contributed by atoms with van der Waals surface area (Å²) in [5, 5.41) is 0. The number of hydrogen-bond acceptors (Lipinski definition) is 2. The van der Waals surface area contributed by atoms with Gasteiger partial charge in [0, 0.05) is 35.8 Å². The molecule has 0 fully saturated rings. The molecule has 6 heteroatoms. The van der Waals surface area contributed by atoms with Crippen molar-refractivity contribution in [2.45, 2.75) is 19.6 Å². The van der Waals surface area contributed by atoms with Crippen LogP contribution in [-0.4, -0.2) is 4.57 Å². The maximum atomic E-state index is 12.7. The predicted molar refractivity (Wildman–Crippen MR) is 69.7 cm³/mol. The van der Waals surface area contributed by atoms with Gasteiger partial charge in [-0.15, -0.1) is 0 Å². The minimum Gasteiger partial charge on any atom is -0.326 e. The van der Waals surface area contributed by atoms with Crippen molar-refractivity contribution in [3.63, 3.8) is 0 Å². The quantitative estimate of drug-likeness (QED) is 0.920. The monoisotopic (exact) mass is 282 g/mol. The van der Waals surface area contributed by atoms with Crippen LogP contribution in [0.15, 0.2) is 41.3 Å². The van der Waals surface area contributed by atoms with Gasteiger partial charge in [0.1, 0.15) is 0 Å². The molecule has 1 aromatic heterocycles. The number of nitrogens with two attached hydrogens (primary N) is 1. The van der Waals surface area contributed by atoms with Gasteiger partial charge in [-0.05, 0) is 25.1 Å². The third-order valence-corrected chi connectivity index (χ3v) is 2.99.